The van der Waals surface area contributed by atoms with Crippen molar-refractivity contribution in [1.29, 1.82) is 0 Å². The third-order valence-electron chi connectivity index (χ3n) is 3.34. The molecule has 17 heavy (non-hydrogen) atoms. The summed E-state index contributed by atoms with van der Waals surface area (Å²) in [6.07, 6.45) is 2.74. The van der Waals surface area contributed by atoms with E-state index in [9.17, 15) is 0 Å². The van der Waals surface area contributed by atoms with E-state index in [1.807, 2.05) is 13.2 Å². The number of piperidine rings is 1. The number of ether oxygens (including phenoxy) is 1. The van der Waals surface area contributed by atoms with Gasteiger partial charge in [-0.25, -0.2) is 0 Å². The topological polar surface area (TPSA) is 38.5 Å². The first-order chi connectivity index (χ1) is 8.19. The van der Waals surface area contributed by atoms with Crippen LogP contribution in [0.5, 0.6) is 0 Å². The molecular weight excluding hydrogens is 327 g/mol. The van der Waals surface area contributed by atoms with Crippen molar-refractivity contribution in [2.45, 2.75) is 25.5 Å². The normalized spacial score (nSPS) is 18.5. The maximum absolute atomic E-state index is 5.82. The second-order valence-electron chi connectivity index (χ2n) is 4.57. The number of hydrogen-bond donors (Lipinski definition) is 1. The Bertz CT molecular complexity index is 376. The molecule has 0 aromatic heterocycles. The molecule has 0 aliphatic carbocycles. The van der Waals surface area contributed by atoms with E-state index in [2.05, 4.69) is 39.6 Å². The highest BCUT2D eigenvalue weighted by atomic mass is 127. The Morgan fingerprint density at radius 3 is 2.71 bits per heavy atom. The molecule has 1 aliphatic heterocycles. The van der Waals surface area contributed by atoms with Crippen LogP contribution >= 0.6 is 22.6 Å². The highest BCUT2D eigenvalue weighted by Gasteiger charge is 2.18. The number of halogens is 1. The fraction of sp³-hybridized carbons (Fsp3) is 0.538. The average molecular weight is 346 g/mol. The fourth-order valence-corrected chi connectivity index (χ4v) is 2.81. The zero-order valence-electron chi connectivity index (χ0n) is 10.2. The lowest BCUT2D eigenvalue weighted by molar-refractivity contribution is 0.0388. The Kier molecular flexibility index (Phi) is 4.64. The molecule has 94 valence electrons. The van der Waals surface area contributed by atoms with Gasteiger partial charge in [-0.15, -0.1) is 0 Å². The average Bonchev–Trinajstić information content (AvgIpc) is 2.35. The number of nitrogen functional groups attached to an aromatic ring is 1. The molecule has 0 bridgehead atoms. The lowest BCUT2D eigenvalue weighted by Gasteiger charge is -2.31. The zero-order valence-corrected chi connectivity index (χ0v) is 12.3. The number of nitrogens with two attached hydrogens (primary N) is 1. The summed E-state index contributed by atoms with van der Waals surface area (Å²) in [5.74, 6) is 0. The number of nitrogens with zero attached hydrogens (tertiary/aromatic N) is 1. The van der Waals surface area contributed by atoms with Crippen molar-refractivity contribution in [1.82, 2.24) is 4.90 Å². The van der Waals surface area contributed by atoms with E-state index in [1.54, 1.807) is 0 Å². The predicted octanol–water partition coefficient (Wildman–Crippen LogP) is 2.48. The van der Waals surface area contributed by atoms with Gasteiger partial charge in [0.05, 0.1) is 6.10 Å². The summed E-state index contributed by atoms with van der Waals surface area (Å²) in [4.78, 5) is 2.48. The standard InChI is InChI=1S/C13H19IN2O/c1-17-11-4-6-16(7-5-11)9-10-2-3-13(15)12(14)8-10/h2-3,8,11H,4-7,9,15H2,1H3. The van der Waals surface area contributed by atoms with Crippen LogP contribution in [0.15, 0.2) is 18.2 Å². The van der Waals surface area contributed by atoms with Crippen LogP contribution in [0.1, 0.15) is 18.4 Å². The number of methoxy groups -OCH3 is 1. The number of benzene rings is 1. The first-order valence-electron chi connectivity index (χ1n) is 5.98. The van der Waals surface area contributed by atoms with Crippen molar-refractivity contribution < 1.29 is 4.74 Å². The van der Waals surface area contributed by atoms with Crippen molar-refractivity contribution >= 4 is 28.3 Å². The van der Waals surface area contributed by atoms with Gasteiger partial charge in [-0.2, -0.15) is 0 Å². The van der Waals surface area contributed by atoms with Gasteiger partial charge in [0.2, 0.25) is 0 Å². The molecule has 3 nitrogen and oxygen atoms in total. The van der Waals surface area contributed by atoms with Crippen LogP contribution in [0, 0.1) is 3.57 Å². The summed E-state index contributed by atoms with van der Waals surface area (Å²) in [6.45, 7) is 3.27. The van der Waals surface area contributed by atoms with Gasteiger partial charge < -0.3 is 10.5 Å². The molecular formula is C13H19IN2O. The summed E-state index contributed by atoms with van der Waals surface area (Å²) < 4.78 is 6.53. The van der Waals surface area contributed by atoms with Crippen molar-refractivity contribution in [3.63, 3.8) is 0 Å². The van der Waals surface area contributed by atoms with Gasteiger partial charge in [0.15, 0.2) is 0 Å². The highest BCUT2D eigenvalue weighted by Crippen LogP contribution is 2.19. The van der Waals surface area contributed by atoms with Crippen molar-refractivity contribution in [2.24, 2.45) is 0 Å². The molecule has 0 atom stereocenters. The van der Waals surface area contributed by atoms with Crippen LogP contribution < -0.4 is 5.73 Å². The van der Waals surface area contributed by atoms with Gasteiger partial charge in [0, 0.05) is 36.0 Å². The quantitative estimate of drug-likeness (QED) is 0.675. The zero-order chi connectivity index (χ0) is 12.3. The maximum atomic E-state index is 5.82. The second kappa shape index (κ2) is 6.02. The molecule has 1 aromatic rings. The lowest BCUT2D eigenvalue weighted by atomic mass is 10.1. The summed E-state index contributed by atoms with van der Waals surface area (Å²) in [7, 11) is 1.81. The molecule has 2 rings (SSSR count). The number of rotatable bonds is 3. The van der Waals surface area contributed by atoms with Crippen molar-refractivity contribution in [3.05, 3.63) is 27.3 Å². The molecule has 1 aliphatic rings. The van der Waals surface area contributed by atoms with Gasteiger partial charge in [0.25, 0.3) is 0 Å². The molecule has 2 N–H and O–H groups in total. The van der Waals surface area contributed by atoms with Gasteiger partial charge in [-0.1, -0.05) is 6.07 Å². The Balaban J connectivity index is 1.91. The Hall–Kier alpha value is -0.330. The van der Waals surface area contributed by atoms with Gasteiger partial charge in [0.1, 0.15) is 0 Å². The van der Waals surface area contributed by atoms with Crippen LogP contribution in [0.2, 0.25) is 0 Å². The molecule has 0 saturated carbocycles. The van der Waals surface area contributed by atoms with E-state index >= 15 is 0 Å². The van der Waals surface area contributed by atoms with Crippen molar-refractivity contribution in [2.75, 3.05) is 25.9 Å². The highest BCUT2D eigenvalue weighted by molar-refractivity contribution is 14.1. The van der Waals surface area contributed by atoms with Crippen LogP contribution in [-0.4, -0.2) is 31.2 Å². The monoisotopic (exact) mass is 346 g/mol. The largest absolute Gasteiger partial charge is 0.398 e. The summed E-state index contributed by atoms with van der Waals surface area (Å²) in [5, 5.41) is 0. The Morgan fingerprint density at radius 2 is 2.12 bits per heavy atom. The van der Waals surface area contributed by atoms with Crippen LogP contribution in [0.3, 0.4) is 0 Å². The number of likely N-dealkylation sites (tertiary alicyclic amines) is 1. The molecule has 0 unspecified atom stereocenters. The molecule has 1 heterocycles. The molecule has 1 fully saturated rings. The fourth-order valence-electron chi connectivity index (χ4n) is 2.23. The molecule has 4 heteroatoms. The first kappa shape index (κ1) is 13.1. The van der Waals surface area contributed by atoms with Gasteiger partial charge >= 0.3 is 0 Å². The predicted molar refractivity (Wildman–Crippen MR) is 78.9 cm³/mol. The van der Waals surface area contributed by atoms with E-state index in [0.717, 1.165) is 41.7 Å². The molecule has 0 radical (unpaired) electrons. The van der Waals surface area contributed by atoms with Crippen molar-refractivity contribution in [3.8, 4) is 0 Å². The minimum atomic E-state index is 0.456. The summed E-state index contributed by atoms with van der Waals surface area (Å²) in [5.41, 5.74) is 8.04. The number of hydrogen-bond acceptors (Lipinski definition) is 3. The van der Waals surface area contributed by atoms with E-state index in [0.29, 0.717) is 6.10 Å². The van der Waals surface area contributed by atoms with E-state index < -0.39 is 0 Å². The minimum Gasteiger partial charge on any atom is -0.398 e. The van der Waals surface area contributed by atoms with Gasteiger partial charge in [-0.05, 0) is 53.1 Å². The van der Waals surface area contributed by atoms with E-state index in [1.165, 1.54) is 5.56 Å². The first-order valence-corrected chi connectivity index (χ1v) is 7.06. The lowest BCUT2D eigenvalue weighted by Crippen LogP contribution is -2.36. The van der Waals surface area contributed by atoms with E-state index in [-0.39, 0.29) is 0 Å². The smallest absolute Gasteiger partial charge is 0.0595 e. The van der Waals surface area contributed by atoms with Crippen LogP contribution in [0.25, 0.3) is 0 Å². The third kappa shape index (κ3) is 3.56. The molecule has 0 spiro atoms. The van der Waals surface area contributed by atoms with Crippen LogP contribution in [0.4, 0.5) is 5.69 Å². The third-order valence-corrected chi connectivity index (χ3v) is 4.27. The molecule has 0 amide bonds. The Morgan fingerprint density at radius 1 is 1.41 bits per heavy atom. The number of anilines is 1. The SMILES string of the molecule is COC1CCN(Cc2ccc(N)c(I)c2)CC1. The summed E-state index contributed by atoms with van der Waals surface area (Å²) in [6, 6.07) is 6.30. The molecule has 1 aromatic carbocycles. The second-order valence-corrected chi connectivity index (χ2v) is 5.73. The van der Waals surface area contributed by atoms with Crippen LogP contribution in [-0.2, 0) is 11.3 Å². The maximum Gasteiger partial charge on any atom is 0.0595 e. The Labute approximate surface area is 116 Å². The van der Waals surface area contributed by atoms with Gasteiger partial charge in [-0.3, -0.25) is 4.90 Å². The molecule has 1 saturated heterocycles. The van der Waals surface area contributed by atoms with E-state index in [4.69, 9.17) is 10.5 Å². The minimum absolute atomic E-state index is 0.456. The summed E-state index contributed by atoms with van der Waals surface area (Å²) >= 11 is 2.29.